The molecule has 1 saturated heterocycles. The Balaban J connectivity index is 1.60. The van der Waals surface area contributed by atoms with Crippen LogP contribution in [0.25, 0.3) is 0 Å². The lowest BCUT2D eigenvalue weighted by molar-refractivity contribution is 0.454. The zero-order valence-electron chi connectivity index (χ0n) is 16.4. The SMILES string of the molecule is Cn1cnc(S(=O)(=O)N2CC(NCc3ccccc3Cl)C(c3ccc(F)cc3)C2)c1. The molecule has 0 aliphatic carbocycles. The van der Waals surface area contributed by atoms with Gasteiger partial charge in [0.2, 0.25) is 0 Å². The summed E-state index contributed by atoms with van der Waals surface area (Å²) in [6.45, 7) is 1.07. The van der Waals surface area contributed by atoms with Crippen LogP contribution in [0.15, 0.2) is 66.1 Å². The van der Waals surface area contributed by atoms with Gasteiger partial charge in [-0.1, -0.05) is 41.9 Å². The molecule has 1 aliphatic rings. The van der Waals surface area contributed by atoms with Crippen molar-refractivity contribution in [2.24, 2.45) is 7.05 Å². The van der Waals surface area contributed by atoms with Crippen molar-refractivity contribution in [3.05, 3.63) is 83.0 Å². The minimum Gasteiger partial charge on any atom is -0.339 e. The van der Waals surface area contributed by atoms with Crippen LogP contribution in [-0.2, 0) is 23.6 Å². The highest BCUT2D eigenvalue weighted by molar-refractivity contribution is 7.89. The lowest BCUT2D eigenvalue weighted by Gasteiger charge is -2.20. The molecule has 0 saturated carbocycles. The zero-order chi connectivity index (χ0) is 21.3. The Morgan fingerprint density at radius 3 is 2.57 bits per heavy atom. The van der Waals surface area contributed by atoms with E-state index in [1.54, 1.807) is 23.7 Å². The van der Waals surface area contributed by atoms with Crippen LogP contribution >= 0.6 is 11.6 Å². The minimum absolute atomic E-state index is 0.0228. The summed E-state index contributed by atoms with van der Waals surface area (Å²) in [7, 11) is -2.00. The molecule has 0 bridgehead atoms. The molecule has 30 heavy (non-hydrogen) atoms. The summed E-state index contributed by atoms with van der Waals surface area (Å²) in [4.78, 5) is 4.02. The molecule has 1 aliphatic heterocycles. The molecule has 9 heteroatoms. The van der Waals surface area contributed by atoms with Crippen molar-refractivity contribution >= 4 is 21.6 Å². The number of imidazole rings is 1. The molecule has 3 aromatic rings. The van der Waals surface area contributed by atoms with Crippen molar-refractivity contribution in [1.29, 1.82) is 0 Å². The molecular weight excluding hydrogens is 427 g/mol. The van der Waals surface area contributed by atoms with Crippen LogP contribution in [0.4, 0.5) is 4.39 Å². The third-order valence-electron chi connectivity index (χ3n) is 5.38. The van der Waals surface area contributed by atoms with E-state index in [0.29, 0.717) is 11.6 Å². The Kier molecular flexibility index (Phi) is 5.92. The highest BCUT2D eigenvalue weighted by atomic mass is 35.5. The second-order valence-electron chi connectivity index (χ2n) is 7.44. The van der Waals surface area contributed by atoms with Gasteiger partial charge in [0.25, 0.3) is 10.0 Å². The van der Waals surface area contributed by atoms with Crippen molar-refractivity contribution in [3.63, 3.8) is 0 Å². The molecule has 1 N–H and O–H groups in total. The van der Waals surface area contributed by atoms with E-state index in [2.05, 4.69) is 10.3 Å². The van der Waals surface area contributed by atoms with Gasteiger partial charge in [-0.25, -0.2) is 17.8 Å². The smallest absolute Gasteiger partial charge is 0.262 e. The van der Waals surface area contributed by atoms with E-state index >= 15 is 0 Å². The Morgan fingerprint density at radius 1 is 1.17 bits per heavy atom. The van der Waals surface area contributed by atoms with Crippen LogP contribution in [-0.4, -0.2) is 41.4 Å². The Morgan fingerprint density at radius 2 is 1.90 bits per heavy atom. The predicted molar refractivity (Wildman–Crippen MR) is 113 cm³/mol. The number of aromatic nitrogens is 2. The summed E-state index contributed by atoms with van der Waals surface area (Å²) < 4.78 is 42.7. The number of benzene rings is 2. The fraction of sp³-hybridized carbons (Fsp3) is 0.286. The highest BCUT2D eigenvalue weighted by Gasteiger charge is 2.40. The molecule has 158 valence electrons. The lowest BCUT2D eigenvalue weighted by atomic mass is 9.94. The van der Waals surface area contributed by atoms with Gasteiger partial charge in [0.1, 0.15) is 5.82 Å². The number of hydrogen-bond acceptors (Lipinski definition) is 4. The minimum atomic E-state index is -3.73. The molecule has 4 rings (SSSR count). The predicted octanol–water partition coefficient (Wildman–Crippen LogP) is 3.16. The highest BCUT2D eigenvalue weighted by Crippen LogP contribution is 2.32. The van der Waals surface area contributed by atoms with Crippen LogP contribution < -0.4 is 5.32 Å². The van der Waals surface area contributed by atoms with Gasteiger partial charge in [-0.05, 0) is 29.3 Å². The van der Waals surface area contributed by atoms with Crippen LogP contribution in [0.5, 0.6) is 0 Å². The van der Waals surface area contributed by atoms with E-state index in [9.17, 15) is 12.8 Å². The third kappa shape index (κ3) is 4.27. The van der Waals surface area contributed by atoms with Crippen LogP contribution in [0.3, 0.4) is 0 Å². The molecule has 0 spiro atoms. The molecule has 2 heterocycles. The summed E-state index contributed by atoms with van der Waals surface area (Å²) in [5.41, 5.74) is 1.81. The summed E-state index contributed by atoms with van der Waals surface area (Å²) in [6, 6.07) is 13.6. The Labute approximate surface area is 180 Å². The van der Waals surface area contributed by atoms with Gasteiger partial charge in [0, 0.05) is 49.9 Å². The molecule has 2 atom stereocenters. The molecule has 0 amide bonds. The first-order valence-corrected chi connectivity index (χ1v) is 11.4. The van der Waals surface area contributed by atoms with E-state index in [0.717, 1.165) is 11.1 Å². The van der Waals surface area contributed by atoms with Gasteiger partial charge in [-0.2, -0.15) is 4.31 Å². The maximum atomic E-state index is 13.4. The van der Waals surface area contributed by atoms with Gasteiger partial charge < -0.3 is 9.88 Å². The van der Waals surface area contributed by atoms with Gasteiger partial charge in [-0.15, -0.1) is 0 Å². The largest absolute Gasteiger partial charge is 0.339 e. The maximum absolute atomic E-state index is 13.4. The number of rotatable bonds is 6. The van der Waals surface area contributed by atoms with Gasteiger partial charge >= 0.3 is 0 Å². The number of nitrogens with one attached hydrogen (secondary N) is 1. The third-order valence-corrected chi connectivity index (χ3v) is 7.47. The Bertz CT molecular complexity index is 1130. The van der Waals surface area contributed by atoms with Crippen molar-refractivity contribution in [3.8, 4) is 0 Å². The van der Waals surface area contributed by atoms with E-state index in [1.807, 2.05) is 24.3 Å². The zero-order valence-corrected chi connectivity index (χ0v) is 17.9. The summed E-state index contributed by atoms with van der Waals surface area (Å²) >= 11 is 6.27. The number of hydrogen-bond donors (Lipinski definition) is 1. The first-order chi connectivity index (χ1) is 14.3. The fourth-order valence-electron chi connectivity index (χ4n) is 3.76. The average molecular weight is 449 g/mol. The van der Waals surface area contributed by atoms with Crippen LogP contribution in [0.2, 0.25) is 5.02 Å². The molecule has 2 unspecified atom stereocenters. The second kappa shape index (κ2) is 8.47. The van der Waals surface area contributed by atoms with Gasteiger partial charge in [-0.3, -0.25) is 0 Å². The molecule has 0 radical (unpaired) electrons. The fourth-order valence-corrected chi connectivity index (χ4v) is 5.42. The lowest BCUT2D eigenvalue weighted by Crippen LogP contribution is -2.36. The summed E-state index contributed by atoms with van der Waals surface area (Å²) in [5, 5.41) is 4.13. The van der Waals surface area contributed by atoms with E-state index in [-0.39, 0.29) is 35.9 Å². The topological polar surface area (TPSA) is 67.2 Å². The monoisotopic (exact) mass is 448 g/mol. The standard InChI is InChI=1S/C21H22ClFN4O2S/c1-26-13-21(25-14-26)30(28,29)27-11-18(15-6-8-17(23)9-7-15)20(12-27)24-10-16-4-2-3-5-19(16)22/h2-9,13-14,18,20,24H,10-12H2,1H3. The number of halogens is 2. The molecule has 1 fully saturated rings. The van der Waals surface area contributed by atoms with Crippen molar-refractivity contribution in [1.82, 2.24) is 19.2 Å². The summed E-state index contributed by atoms with van der Waals surface area (Å²) in [6.07, 6.45) is 2.96. The van der Waals surface area contributed by atoms with E-state index in [1.165, 1.54) is 29.0 Å². The number of sulfonamides is 1. The Hall–Kier alpha value is -2.26. The molecule has 1 aromatic heterocycles. The normalized spacial score (nSPS) is 20.0. The first kappa shape index (κ1) is 21.0. The second-order valence-corrected chi connectivity index (χ2v) is 9.73. The van der Waals surface area contributed by atoms with Gasteiger partial charge in [0.15, 0.2) is 5.03 Å². The summed E-state index contributed by atoms with van der Waals surface area (Å²) in [5.74, 6) is -0.457. The van der Waals surface area contributed by atoms with Crippen molar-refractivity contribution in [2.75, 3.05) is 13.1 Å². The van der Waals surface area contributed by atoms with Crippen molar-refractivity contribution < 1.29 is 12.8 Å². The van der Waals surface area contributed by atoms with Gasteiger partial charge in [0.05, 0.1) is 6.33 Å². The molecule has 2 aromatic carbocycles. The first-order valence-electron chi connectivity index (χ1n) is 9.55. The number of nitrogens with zero attached hydrogens (tertiary/aromatic N) is 3. The van der Waals surface area contributed by atoms with E-state index < -0.39 is 10.0 Å². The van der Waals surface area contributed by atoms with Crippen LogP contribution in [0.1, 0.15) is 17.0 Å². The van der Waals surface area contributed by atoms with Crippen LogP contribution in [0, 0.1) is 5.82 Å². The molecule has 6 nitrogen and oxygen atoms in total. The van der Waals surface area contributed by atoms with Crippen molar-refractivity contribution in [2.45, 2.75) is 23.5 Å². The average Bonchev–Trinajstić information content (AvgIpc) is 3.35. The molecular formula is C21H22ClFN4O2S. The number of aryl methyl sites for hydroxylation is 1. The van der Waals surface area contributed by atoms with E-state index in [4.69, 9.17) is 11.6 Å². The quantitative estimate of drug-likeness (QED) is 0.629. The maximum Gasteiger partial charge on any atom is 0.262 e.